The van der Waals surface area contributed by atoms with Crippen LogP contribution >= 0.6 is 11.8 Å². The maximum Gasteiger partial charge on any atom is 0.298 e. The second kappa shape index (κ2) is 7.45. The molecule has 0 spiro atoms. The third kappa shape index (κ3) is 3.62. The number of carbonyl (C=O) groups excluding carboxylic acids is 3. The van der Waals surface area contributed by atoms with Gasteiger partial charge in [0.25, 0.3) is 11.1 Å². The van der Waals surface area contributed by atoms with Crippen molar-refractivity contribution in [3.63, 3.8) is 0 Å². The van der Waals surface area contributed by atoms with Crippen LogP contribution in [0.3, 0.4) is 0 Å². The topological polar surface area (TPSA) is 75.7 Å². The highest BCUT2D eigenvalue weighted by atomic mass is 32.2. The molecule has 0 aromatic heterocycles. The van der Waals surface area contributed by atoms with E-state index in [1.807, 2.05) is 18.2 Å². The van der Waals surface area contributed by atoms with Crippen molar-refractivity contribution >= 4 is 46.3 Å². The predicted octanol–water partition coefficient (Wildman–Crippen LogP) is 3.89. The van der Waals surface area contributed by atoms with Gasteiger partial charge in [0.05, 0.1) is 17.7 Å². The van der Waals surface area contributed by atoms with Crippen LogP contribution < -0.4 is 15.0 Å². The van der Waals surface area contributed by atoms with Gasteiger partial charge in [0.15, 0.2) is 0 Å². The minimum absolute atomic E-state index is 0.191. The molecule has 1 aliphatic rings. The summed E-state index contributed by atoms with van der Waals surface area (Å²) in [6.45, 7) is 1.41. The summed E-state index contributed by atoms with van der Waals surface area (Å²) in [7, 11) is 1.55. The van der Waals surface area contributed by atoms with Crippen LogP contribution in [0, 0.1) is 0 Å². The lowest BCUT2D eigenvalue weighted by atomic mass is 10.2. The lowest BCUT2D eigenvalue weighted by Crippen LogP contribution is -2.27. The lowest BCUT2D eigenvalue weighted by Gasteiger charge is -2.13. The SMILES string of the molecule is COc1ccccc1/C=C1\SC(=O)N(c2ccc(NC(C)=O)cc2)C1=O. The van der Waals surface area contributed by atoms with Gasteiger partial charge in [0, 0.05) is 18.2 Å². The van der Waals surface area contributed by atoms with E-state index in [4.69, 9.17) is 4.74 Å². The van der Waals surface area contributed by atoms with Crippen molar-refractivity contribution in [2.45, 2.75) is 6.92 Å². The van der Waals surface area contributed by atoms with Crippen LogP contribution in [0.5, 0.6) is 5.75 Å². The van der Waals surface area contributed by atoms with E-state index in [9.17, 15) is 14.4 Å². The van der Waals surface area contributed by atoms with Crippen molar-refractivity contribution < 1.29 is 19.1 Å². The molecule has 26 heavy (non-hydrogen) atoms. The molecular formula is C19H16N2O4S. The lowest BCUT2D eigenvalue weighted by molar-refractivity contribution is -0.114. The normalized spacial score (nSPS) is 15.5. The Balaban J connectivity index is 1.87. The molecule has 0 saturated carbocycles. The van der Waals surface area contributed by atoms with Gasteiger partial charge in [-0.25, -0.2) is 4.90 Å². The van der Waals surface area contributed by atoms with Crippen molar-refractivity contribution in [3.8, 4) is 5.75 Å². The van der Waals surface area contributed by atoms with E-state index >= 15 is 0 Å². The number of hydrogen-bond donors (Lipinski definition) is 1. The number of imide groups is 1. The molecule has 0 aliphatic carbocycles. The third-order valence-electron chi connectivity index (χ3n) is 3.67. The predicted molar refractivity (Wildman–Crippen MR) is 102 cm³/mol. The molecule has 6 nitrogen and oxygen atoms in total. The number of ether oxygens (including phenoxy) is 1. The minimum atomic E-state index is -0.391. The van der Waals surface area contributed by atoms with Crippen LogP contribution in [0.15, 0.2) is 53.4 Å². The van der Waals surface area contributed by atoms with E-state index in [0.29, 0.717) is 22.0 Å². The summed E-state index contributed by atoms with van der Waals surface area (Å²) in [6.07, 6.45) is 1.65. The zero-order chi connectivity index (χ0) is 18.7. The molecule has 132 valence electrons. The summed E-state index contributed by atoms with van der Waals surface area (Å²) in [5.41, 5.74) is 1.77. The van der Waals surface area contributed by atoms with Gasteiger partial charge in [-0.2, -0.15) is 0 Å². The standard InChI is InChI=1S/C19H16N2O4S/c1-12(22)20-14-7-9-15(10-8-14)21-18(23)17(26-19(21)24)11-13-5-3-4-6-16(13)25-2/h3-11H,1-2H3,(H,20,22)/b17-11-. The fourth-order valence-corrected chi connectivity index (χ4v) is 3.35. The largest absolute Gasteiger partial charge is 0.496 e. The molecule has 3 rings (SSSR count). The number of methoxy groups -OCH3 is 1. The van der Waals surface area contributed by atoms with Gasteiger partial charge < -0.3 is 10.1 Å². The number of hydrogen-bond acceptors (Lipinski definition) is 5. The summed E-state index contributed by atoms with van der Waals surface area (Å²) >= 11 is 0.879. The molecule has 7 heteroatoms. The molecule has 1 fully saturated rings. The minimum Gasteiger partial charge on any atom is -0.496 e. The number of benzene rings is 2. The fourth-order valence-electron chi connectivity index (χ4n) is 2.51. The second-order valence-electron chi connectivity index (χ2n) is 5.49. The van der Waals surface area contributed by atoms with Gasteiger partial charge in [-0.1, -0.05) is 18.2 Å². The quantitative estimate of drug-likeness (QED) is 0.829. The number of nitrogens with one attached hydrogen (secondary N) is 1. The average molecular weight is 368 g/mol. The van der Waals surface area contributed by atoms with Crippen LogP contribution in [-0.4, -0.2) is 24.2 Å². The first kappa shape index (κ1) is 17.8. The maximum absolute atomic E-state index is 12.7. The van der Waals surface area contributed by atoms with Crippen molar-refractivity contribution in [1.82, 2.24) is 0 Å². The summed E-state index contributed by atoms with van der Waals surface area (Å²) in [5.74, 6) is 0.0424. The monoisotopic (exact) mass is 368 g/mol. The van der Waals surface area contributed by atoms with Gasteiger partial charge in [0.1, 0.15) is 5.75 Å². The molecule has 1 saturated heterocycles. The molecule has 0 unspecified atom stereocenters. The molecule has 2 aromatic carbocycles. The average Bonchev–Trinajstić information content (AvgIpc) is 2.89. The Morgan fingerprint density at radius 1 is 1.12 bits per heavy atom. The maximum atomic E-state index is 12.7. The molecule has 0 atom stereocenters. The number of anilines is 2. The van der Waals surface area contributed by atoms with E-state index in [2.05, 4.69) is 5.32 Å². The Bertz CT molecular complexity index is 906. The number of nitrogens with zero attached hydrogens (tertiary/aromatic N) is 1. The third-order valence-corrected chi connectivity index (χ3v) is 4.53. The Labute approximate surface area is 154 Å². The Morgan fingerprint density at radius 3 is 2.46 bits per heavy atom. The van der Waals surface area contributed by atoms with E-state index in [0.717, 1.165) is 22.2 Å². The summed E-state index contributed by atoms with van der Waals surface area (Å²) < 4.78 is 5.28. The molecule has 1 heterocycles. The fraction of sp³-hybridized carbons (Fsp3) is 0.105. The van der Waals surface area contributed by atoms with Crippen molar-refractivity contribution in [3.05, 3.63) is 59.0 Å². The first-order valence-electron chi connectivity index (χ1n) is 7.78. The molecular weight excluding hydrogens is 352 g/mol. The van der Waals surface area contributed by atoms with Crippen molar-refractivity contribution in [2.75, 3.05) is 17.3 Å². The zero-order valence-electron chi connectivity index (χ0n) is 14.2. The van der Waals surface area contributed by atoms with E-state index in [1.54, 1.807) is 43.5 Å². The second-order valence-corrected chi connectivity index (χ2v) is 6.48. The van der Waals surface area contributed by atoms with E-state index in [-0.39, 0.29) is 11.1 Å². The summed E-state index contributed by atoms with van der Waals surface area (Å²) in [4.78, 5) is 37.5. The van der Waals surface area contributed by atoms with Crippen LogP contribution in [0.25, 0.3) is 6.08 Å². The van der Waals surface area contributed by atoms with Gasteiger partial charge >= 0.3 is 0 Å². The highest BCUT2D eigenvalue weighted by Gasteiger charge is 2.36. The number of amides is 3. The van der Waals surface area contributed by atoms with Crippen molar-refractivity contribution in [1.29, 1.82) is 0 Å². The number of rotatable bonds is 4. The molecule has 1 N–H and O–H groups in total. The number of carbonyl (C=O) groups is 3. The van der Waals surface area contributed by atoms with Crippen LogP contribution in [0.2, 0.25) is 0 Å². The Kier molecular flexibility index (Phi) is 5.09. The number of thioether (sulfide) groups is 1. The molecule has 0 radical (unpaired) electrons. The van der Waals surface area contributed by atoms with Crippen LogP contribution in [0.1, 0.15) is 12.5 Å². The van der Waals surface area contributed by atoms with Gasteiger partial charge in [0.2, 0.25) is 5.91 Å². The summed E-state index contributed by atoms with van der Waals surface area (Å²) in [6, 6.07) is 13.8. The smallest absolute Gasteiger partial charge is 0.298 e. The highest BCUT2D eigenvalue weighted by molar-refractivity contribution is 8.19. The molecule has 2 aromatic rings. The van der Waals surface area contributed by atoms with Gasteiger partial charge in [-0.05, 0) is 48.2 Å². The zero-order valence-corrected chi connectivity index (χ0v) is 15.0. The summed E-state index contributed by atoms with van der Waals surface area (Å²) in [5, 5.41) is 2.27. The number of para-hydroxylation sites is 1. The Morgan fingerprint density at radius 2 is 1.81 bits per heavy atom. The van der Waals surface area contributed by atoms with Crippen LogP contribution in [-0.2, 0) is 9.59 Å². The molecule has 0 bridgehead atoms. The Hall–Kier alpha value is -3.06. The first-order valence-corrected chi connectivity index (χ1v) is 8.60. The molecule has 1 aliphatic heterocycles. The van der Waals surface area contributed by atoms with Gasteiger partial charge in [-0.3, -0.25) is 14.4 Å². The van der Waals surface area contributed by atoms with E-state index < -0.39 is 5.91 Å². The van der Waals surface area contributed by atoms with E-state index in [1.165, 1.54) is 6.92 Å². The van der Waals surface area contributed by atoms with Crippen molar-refractivity contribution in [2.24, 2.45) is 0 Å². The first-order chi connectivity index (χ1) is 12.5. The molecule has 3 amide bonds. The van der Waals surface area contributed by atoms with Crippen LogP contribution in [0.4, 0.5) is 16.2 Å². The highest BCUT2D eigenvalue weighted by Crippen LogP contribution is 2.37. The van der Waals surface area contributed by atoms with Gasteiger partial charge in [-0.15, -0.1) is 0 Å².